The molecule has 4 aromatic rings. The topological polar surface area (TPSA) is 273 Å². The number of nitrogens with one attached hydrogen (secondary N) is 3. The van der Waals surface area contributed by atoms with Crippen molar-refractivity contribution in [3.05, 3.63) is 78.2 Å². The number of aliphatic carboxylic acids is 1. The highest BCUT2D eigenvalue weighted by Crippen LogP contribution is 2.42. The van der Waals surface area contributed by atoms with E-state index in [-0.39, 0.29) is 68.9 Å². The number of nitrogens with zero attached hydrogens (tertiary/aromatic N) is 7. The molecule has 4 aliphatic rings. The molecule has 2 bridgehead atoms. The zero-order valence-electron chi connectivity index (χ0n) is 42.4. The molecule has 8 N–H and O–H groups in total. The van der Waals surface area contributed by atoms with Crippen LogP contribution in [0.15, 0.2) is 66.9 Å². The largest absolute Gasteiger partial charge is 0.488 e. The Kier molecular flexibility index (Phi) is 16.2. The van der Waals surface area contributed by atoms with Gasteiger partial charge in [0, 0.05) is 93.1 Å². The number of nitrogens with two attached hydrogens (primary N) is 2. The number of halogens is 1. The molecule has 74 heavy (non-hydrogen) atoms. The van der Waals surface area contributed by atoms with Crippen molar-refractivity contribution in [1.29, 1.82) is 0 Å². The third kappa shape index (κ3) is 12.6. The van der Waals surface area contributed by atoms with Gasteiger partial charge in [-0.15, -0.1) is 10.2 Å². The average Bonchev–Trinajstić information content (AvgIpc) is 3.60. The number of primary amides is 1. The van der Waals surface area contributed by atoms with E-state index in [1.54, 1.807) is 35.4 Å². The van der Waals surface area contributed by atoms with Gasteiger partial charge in [0.2, 0.25) is 17.7 Å². The number of aromatic nitrogens is 3. The van der Waals surface area contributed by atoms with Crippen molar-refractivity contribution >= 4 is 52.8 Å². The second kappa shape index (κ2) is 22.7. The Hall–Kier alpha value is -7.49. The summed E-state index contributed by atoms with van der Waals surface area (Å²) in [5.41, 5.74) is 13.2. The van der Waals surface area contributed by atoms with Gasteiger partial charge >= 0.3 is 18.1 Å². The molecule has 2 aromatic carbocycles. The first kappa shape index (κ1) is 52.8. The minimum absolute atomic E-state index is 0.0753. The molecule has 21 nitrogen and oxygen atoms in total. The highest BCUT2D eigenvalue weighted by Gasteiger charge is 2.52. The van der Waals surface area contributed by atoms with Crippen LogP contribution in [0, 0.1) is 11.2 Å². The first-order chi connectivity index (χ1) is 35.4. The zero-order chi connectivity index (χ0) is 52.7. The number of nitrogen functional groups attached to an aromatic ring is 1. The van der Waals surface area contributed by atoms with Gasteiger partial charge in [0.1, 0.15) is 41.8 Å². The van der Waals surface area contributed by atoms with Crippen LogP contribution in [-0.4, -0.2) is 142 Å². The number of carboxylic acid groups (broad SMARTS) is 1. The number of fused-ring (bicyclic) bond motifs is 2. The summed E-state index contributed by atoms with van der Waals surface area (Å²) in [5.74, 6) is -1.85. The molecule has 396 valence electrons. The maximum absolute atomic E-state index is 14.9. The number of carbonyl (C=O) groups is 5. The van der Waals surface area contributed by atoms with Crippen LogP contribution in [0.2, 0.25) is 0 Å². The van der Waals surface area contributed by atoms with Crippen molar-refractivity contribution in [3.63, 3.8) is 0 Å². The van der Waals surface area contributed by atoms with Crippen LogP contribution in [0.1, 0.15) is 78.2 Å². The van der Waals surface area contributed by atoms with E-state index in [4.69, 9.17) is 25.7 Å². The summed E-state index contributed by atoms with van der Waals surface area (Å²) in [6.45, 7) is 12.3. The van der Waals surface area contributed by atoms with E-state index in [0.717, 1.165) is 30.6 Å². The minimum Gasteiger partial charge on any atom is -0.488 e. The maximum Gasteiger partial charge on any atom is 0.410 e. The maximum atomic E-state index is 14.9. The predicted octanol–water partition coefficient (Wildman–Crippen LogP) is 5.14. The molecule has 4 fully saturated rings. The molecule has 5 amide bonds. The second-order valence-electron chi connectivity index (χ2n) is 20.5. The number of carbonyl (C=O) groups excluding carboxylic acids is 4. The summed E-state index contributed by atoms with van der Waals surface area (Å²) < 4.78 is 33.0. The normalized spacial score (nSPS) is 19.7. The molecule has 2 aromatic heterocycles. The van der Waals surface area contributed by atoms with Crippen LogP contribution in [0.4, 0.5) is 36.9 Å². The van der Waals surface area contributed by atoms with Gasteiger partial charge in [-0.25, -0.2) is 19.0 Å². The molecule has 1 saturated carbocycles. The summed E-state index contributed by atoms with van der Waals surface area (Å²) in [4.78, 5) is 75.6. The van der Waals surface area contributed by atoms with E-state index < -0.39 is 46.7 Å². The molecular weight excluding hydrogens is 956 g/mol. The number of hydrogen-bond acceptors (Lipinski definition) is 15. The lowest BCUT2D eigenvalue weighted by atomic mass is 9.68. The molecule has 3 saturated heterocycles. The fraction of sp³-hybridized carbons (Fsp3) is 0.500. The smallest absolute Gasteiger partial charge is 0.410 e. The molecule has 1 aliphatic carbocycles. The van der Waals surface area contributed by atoms with Crippen molar-refractivity contribution < 1.29 is 47.7 Å². The van der Waals surface area contributed by atoms with Gasteiger partial charge in [-0.1, -0.05) is 18.6 Å². The predicted molar refractivity (Wildman–Crippen MR) is 274 cm³/mol. The average molecular weight is 1020 g/mol. The van der Waals surface area contributed by atoms with E-state index in [2.05, 4.69) is 52.8 Å². The fourth-order valence-electron chi connectivity index (χ4n) is 10.1. The minimum atomic E-state index is -1.58. The van der Waals surface area contributed by atoms with Gasteiger partial charge in [0.25, 0.3) is 0 Å². The van der Waals surface area contributed by atoms with E-state index in [1.807, 2.05) is 39.0 Å². The van der Waals surface area contributed by atoms with Crippen molar-refractivity contribution in [2.75, 3.05) is 73.3 Å². The van der Waals surface area contributed by atoms with Gasteiger partial charge in [-0.05, 0) is 114 Å². The van der Waals surface area contributed by atoms with Crippen LogP contribution in [0.3, 0.4) is 0 Å². The van der Waals surface area contributed by atoms with Crippen LogP contribution >= 0.6 is 0 Å². The lowest BCUT2D eigenvalue weighted by molar-refractivity contribution is -0.162. The van der Waals surface area contributed by atoms with Crippen molar-refractivity contribution in [2.45, 2.75) is 109 Å². The fourth-order valence-corrected chi connectivity index (χ4v) is 10.1. The van der Waals surface area contributed by atoms with Crippen LogP contribution < -0.4 is 46.7 Å². The molecule has 3 aliphatic heterocycles. The highest BCUT2D eigenvalue weighted by atomic mass is 19.1. The Morgan fingerprint density at radius 1 is 0.946 bits per heavy atom. The van der Waals surface area contributed by atoms with Gasteiger partial charge < -0.3 is 61.4 Å². The van der Waals surface area contributed by atoms with Crippen molar-refractivity contribution in [2.24, 2.45) is 11.1 Å². The summed E-state index contributed by atoms with van der Waals surface area (Å²) in [5, 5.41) is 26.3. The second-order valence-corrected chi connectivity index (χ2v) is 20.5. The van der Waals surface area contributed by atoms with E-state index in [0.29, 0.717) is 80.0 Å². The zero-order valence-corrected chi connectivity index (χ0v) is 42.4. The standard InChI is InChI=1S/C52H67FN12O9/c1-32-28-63(50(71)74-51(2,3)4)22-21-62(32)23-24-72-44-26-36(16-20-56-44)65-37-13-14-38(65)30-64(29-37)42-27-41(60-61-45(42)54)39-25-34(53)10-15-43(39)73-31-33-8-11-35(12-9-33)58-46(66)40(7-5-19-57-49(55)70)59-47(67)52(48(68)69)17-6-18-52/h8-12,15-16,20,25-27,32,37-38,40H,5-7,13-14,17-19,21-24,28-31H2,1-4H3,(H2,54,61)(H,58,66)(H,59,67)(H,68,69)(H3,55,57,70)/t32-,37?,38?,40+/m1/s1. The molecular formula is C52H67FN12O9. The number of pyridine rings is 1. The van der Waals surface area contributed by atoms with E-state index in [9.17, 15) is 33.5 Å². The number of ether oxygens (including phenoxy) is 3. The first-order valence-electron chi connectivity index (χ1n) is 25.2. The number of carboxylic acids is 1. The Labute approximate surface area is 429 Å². The van der Waals surface area contributed by atoms with Crippen LogP contribution in [0.5, 0.6) is 11.6 Å². The summed E-state index contributed by atoms with van der Waals surface area (Å²) >= 11 is 0. The lowest BCUT2D eigenvalue weighted by Gasteiger charge is -2.43. The number of piperazine rings is 2. The highest BCUT2D eigenvalue weighted by molar-refractivity contribution is 6.05. The Balaban J connectivity index is 0.866. The summed E-state index contributed by atoms with van der Waals surface area (Å²) in [6.07, 6.45) is 4.78. The van der Waals surface area contributed by atoms with Crippen molar-refractivity contribution in [3.8, 4) is 22.9 Å². The number of benzene rings is 2. The first-order valence-corrected chi connectivity index (χ1v) is 25.2. The Morgan fingerprint density at radius 3 is 2.35 bits per heavy atom. The number of anilines is 4. The van der Waals surface area contributed by atoms with E-state index >= 15 is 0 Å². The molecule has 5 heterocycles. The summed E-state index contributed by atoms with van der Waals surface area (Å²) in [6, 6.07) is 15.5. The Bertz CT molecular complexity index is 2670. The molecule has 22 heteroatoms. The third-order valence-electron chi connectivity index (χ3n) is 14.2. The molecule has 8 rings (SSSR count). The number of urea groups is 1. The van der Waals surface area contributed by atoms with Crippen LogP contribution in [0.25, 0.3) is 11.3 Å². The summed E-state index contributed by atoms with van der Waals surface area (Å²) in [7, 11) is 0. The number of amides is 5. The van der Waals surface area contributed by atoms with Crippen molar-refractivity contribution in [1.82, 2.24) is 35.6 Å². The third-order valence-corrected chi connectivity index (χ3v) is 14.2. The molecule has 4 atom stereocenters. The van der Waals surface area contributed by atoms with Gasteiger partial charge in [0.05, 0.1) is 11.4 Å². The molecule has 0 radical (unpaired) electrons. The van der Waals surface area contributed by atoms with Gasteiger partial charge in [0.15, 0.2) is 5.82 Å². The molecule has 2 unspecified atom stereocenters. The van der Waals surface area contributed by atoms with E-state index in [1.165, 1.54) is 18.2 Å². The molecule has 0 spiro atoms. The van der Waals surface area contributed by atoms with Gasteiger partial charge in [-0.2, -0.15) is 0 Å². The SMILES string of the molecule is C[C@@H]1CN(C(=O)OC(C)(C)C)CCN1CCOc1cc(N2C3CCC2CN(c2cc(-c4cc(F)ccc4OCc4ccc(NC(=O)[C@H](CCCNC(N)=O)NC(=O)C5(C(=O)O)CCC5)cc4)nnc2N)C3)ccn1. The monoisotopic (exact) mass is 1020 g/mol. The lowest BCUT2D eigenvalue weighted by Crippen LogP contribution is -2.55. The Morgan fingerprint density at radius 2 is 1.69 bits per heavy atom. The quantitative estimate of drug-likeness (QED) is 0.0524. The van der Waals surface area contributed by atoms with Crippen LogP contribution in [-0.2, 0) is 25.7 Å². The number of rotatable bonds is 19. The number of hydrogen-bond donors (Lipinski definition) is 6. The van der Waals surface area contributed by atoms with Gasteiger partial charge in [-0.3, -0.25) is 19.3 Å².